The lowest BCUT2D eigenvalue weighted by molar-refractivity contribution is -0.0672. The van der Waals surface area contributed by atoms with Crippen molar-refractivity contribution in [1.82, 2.24) is 4.90 Å². The summed E-state index contributed by atoms with van der Waals surface area (Å²) in [5, 5.41) is 0. The number of ether oxygens (including phenoxy) is 1. The maximum Gasteiger partial charge on any atom is 0.254 e. The van der Waals surface area contributed by atoms with Gasteiger partial charge >= 0.3 is 0 Å². The molecule has 0 N–H and O–H groups in total. The number of nitrogens with zero attached hydrogens (tertiary/aromatic N) is 1. The SMILES string of the molecule is CCCOC1(C)CC=C(F)C(C)(CN(C)C(=O)c2ccccc2C=O)C1. The Kier molecular flexibility index (Phi) is 6.34. The quantitative estimate of drug-likeness (QED) is 0.676. The molecule has 0 aromatic heterocycles. The van der Waals surface area contributed by atoms with Crippen LogP contribution in [0.4, 0.5) is 4.39 Å². The third-order valence-corrected chi connectivity index (χ3v) is 4.96. The molecule has 2 unspecified atom stereocenters. The van der Waals surface area contributed by atoms with Crippen LogP contribution in [0, 0.1) is 5.41 Å². The molecule has 1 aliphatic carbocycles. The van der Waals surface area contributed by atoms with Gasteiger partial charge in [0.25, 0.3) is 5.91 Å². The number of aldehydes is 1. The van der Waals surface area contributed by atoms with E-state index in [2.05, 4.69) is 0 Å². The van der Waals surface area contributed by atoms with Crippen LogP contribution in [0.1, 0.15) is 60.7 Å². The van der Waals surface area contributed by atoms with Crippen LogP contribution in [0.2, 0.25) is 0 Å². The van der Waals surface area contributed by atoms with Gasteiger partial charge in [-0.1, -0.05) is 32.0 Å². The molecule has 26 heavy (non-hydrogen) atoms. The van der Waals surface area contributed by atoms with Crippen molar-refractivity contribution in [3.05, 3.63) is 47.3 Å². The molecule has 0 saturated carbocycles. The van der Waals surface area contributed by atoms with Gasteiger partial charge in [-0.2, -0.15) is 0 Å². The second-order valence-corrected chi connectivity index (χ2v) is 7.66. The molecule has 2 rings (SSSR count). The molecular weight excluding hydrogens is 333 g/mol. The zero-order chi connectivity index (χ0) is 19.4. The highest BCUT2D eigenvalue weighted by atomic mass is 19.1. The van der Waals surface area contributed by atoms with Crippen molar-refractivity contribution in [2.24, 2.45) is 5.41 Å². The Morgan fingerprint density at radius 3 is 2.69 bits per heavy atom. The van der Waals surface area contributed by atoms with Crippen molar-refractivity contribution in [1.29, 1.82) is 0 Å². The molecule has 1 amide bonds. The molecule has 4 nitrogen and oxygen atoms in total. The highest BCUT2D eigenvalue weighted by Gasteiger charge is 2.43. The zero-order valence-corrected chi connectivity index (χ0v) is 16.0. The maximum absolute atomic E-state index is 14.7. The molecule has 0 fully saturated rings. The fourth-order valence-electron chi connectivity index (χ4n) is 3.72. The molecule has 142 valence electrons. The summed E-state index contributed by atoms with van der Waals surface area (Å²) >= 11 is 0. The summed E-state index contributed by atoms with van der Waals surface area (Å²) in [4.78, 5) is 25.5. The van der Waals surface area contributed by atoms with Gasteiger partial charge in [-0.15, -0.1) is 0 Å². The number of carbonyl (C=O) groups is 2. The van der Waals surface area contributed by atoms with Crippen molar-refractivity contribution < 1.29 is 18.7 Å². The first-order valence-electron chi connectivity index (χ1n) is 9.04. The topological polar surface area (TPSA) is 46.6 Å². The smallest absolute Gasteiger partial charge is 0.254 e. The van der Waals surface area contributed by atoms with E-state index < -0.39 is 11.0 Å². The molecule has 1 aromatic carbocycles. The second-order valence-electron chi connectivity index (χ2n) is 7.66. The fourth-order valence-corrected chi connectivity index (χ4v) is 3.72. The van der Waals surface area contributed by atoms with Gasteiger partial charge in [-0.3, -0.25) is 9.59 Å². The highest BCUT2D eigenvalue weighted by Crippen LogP contribution is 2.44. The number of benzene rings is 1. The molecule has 0 bridgehead atoms. The summed E-state index contributed by atoms with van der Waals surface area (Å²) in [6, 6.07) is 6.65. The molecule has 1 aromatic rings. The van der Waals surface area contributed by atoms with Crippen LogP contribution < -0.4 is 0 Å². The Hall–Kier alpha value is -2.01. The Bertz CT molecular complexity index is 702. The number of hydrogen-bond acceptors (Lipinski definition) is 3. The van der Waals surface area contributed by atoms with Gasteiger partial charge in [0.15, 0.2) is 6.29 Å². The van der Waals surface area contributed by atoms with Crippen LogP contribution in [0.15, 0.2) is 36.2 Å². The number of amides is 1. The lowest BCUT2D eigenvalue weighted by atomic mass is 9.72. The van der Waals surface area contributed by atoms with E-state index in [0.29, 0.717) is 36.9 Å². The zero-order valence-electron chi connectivity index (χ0n) is 16.0. The largest absolute Gasteiger partial charge is 0.375 e. The van der Waals surface area contributed by atoms with Crippen LogP contribution >= 0.6 is 0 Å². The number of rotatable bonds is 7. The van der Waals surface area contributed by atoms with Gasteiger partial charge in [0.05, 0.1) is 11.2 Å². The predicted octanol–water partition coefficient (Wildman–Crippen LogP) is 4.41. The van der Waals surface area contributed by atoms with Crippen LogP contribution in [0.25, 0.3) is 0 Å². The van der Waals surface area contributed by atoms with Crippen LogP contribution in [-0.2, 0) is 4.74 Å². The lowest BCUT2D eigenvalue weighted by Gasteiger charge is -2.43. The van der Waals surface area contributed by atoms with Crippen LogP contribution in [0.3, 0.4) is 0 Å². The first-order chi connectivity index (χ1) is 12.2. The summed E-state index contributed by atoms with van der Waals surface area (Å²) in [6.45, 7) is 6.70. The lowest BCUT2D eigenvalue weighted by Crippen LogP contribution is -2.46. The standard InChI is InChI=1S/C21H28FNO3/c1-5-12-26-21(3)11-10-18(22)20(2,14-21)15-23(4)19(25)17-9-7-6-8-16(17)13-24/h6-10,13H,5,11-12,14-15H2,1-4H3. The minimum absolute atomic E-state index is 0.210. The third kappa shape index (κ3) is 4.39. The minimum Gasteiger partial charge on any atom is -0.375 e. The molecule has 0 heterocycles. The average Bonchev–Trinajstić information content (AvgIpc) is 2.62. The molecule has 0 spiro atoms. The van der Waals surface area contributed by atoms with E-state index in [1.54, 1.807) is 37.4 Å². The van der Waals surface area contributed by atoms with Crippen LogP contribution in [0.5, 0.6) is 0 Å². The predicted molar refractivity (Wildman–Crippen MR) is 100.0 cm³/mol. The van der Waals surface area contributed by atoms with Crippen molar-refractivity contribution in [3.8, 4) is 0 Å². The van der Waals surface area contributed by atoms with E-state index >= 15 is 0 Å². The van der Waals surface area contributed by atoms with Crippen molar-refractivity contribution >= 4 is 12.2 Å². The van der Waals surface area contributed by atoms with E-state index in [1.807, 2.05) is 20.8 Å². The van der Waals surface area contributed by atoms with E-state index in [1.165, 1.54) is 4.90 Å². The highest BCUT2D eigenvalue weighted by molar-refractivity contribution is 6.01. The van der Waals surface area contributed by atoms with Gasteiger partial charge in [-0.05, 0) is 38.3 Å². The second kappa shape index (κ2) is 8.12. The van der Waals surface area contributed by atoms with E-state index in [0.717, 1.165) is 6.42 Å². The van der Waals surface area contributed by atoms with Gasteiger partial charge in [0.2, 0.25) is 0 Å². The van der Waals surface area contributed by atoms with Crippen molar-refractivity contribution in [2.45, 2.75) is 45.6 Å². The summed E-state index contributed by atoms with van der Waals surface area (Å²) in [5.41, 5.74) is -0.587. The molecule has 2 atom stereocenters. The summed E-state index contributed by atoms with van der Waals surface area (Å²) < 4.78 is 20.6. The normalized spacial score (nSPS) is 25.5. The summed E-state index contributed by atoms with van der Waals surface area (Å²) in [7, 11) is 1.64. The number of halogens is 1. The minimum atomic E-state index is -0.818. The Morgan fingerprint density at radius 1 is 1.35 bits per heavy atom. The van der Waals surface area contributed by atoms with Gasteiger partial charge in [0, 0.05) is 31.2 Å². The Labute approximate surface area is 155 Å². The molecule has 0 radical (unpaired) electrons. The Morgan fingerprint density at radius 2 is 2.04 bits per heavy atom. The fraction of sp³-hybridized carbons (Fsp3) is 0.524. The van der Waals surface area contributed by atoms with Crippen molar-refractivity contribution in [2.75, 3.05) is 20.2 Å². The van der Waals surface area contributed by atoms with Gasteiger partial charge in [-0.25, -0.2) is 4.39 Å². The maximum atomic E-state index is 14.7. The van der Waals surface area contributed by atoms with E-state index in [9.17, 15) is 14.0 Å². The van der Waals surface area contributed by atoms with Crippen LogP contribution in [-0.4, -0.2) is 42.9 Å². The van der Waals surface area contributed by atoms with E-state index in [4.69, 9.17) is 4.74 Å². The summed E-state index contributed by atoms with van der Waals surface area (Å²) in [6.07, 6.45) is 4.17. The molecule has 0 saturated heterocycles. The Balaban J connectivity index is 2.19. The molecule has 5 heteroatoms. The molecule has 0 aliphatic heterocycles. The van der Waals surface area contributed by atoms with Crippen molar-refractivity contribution in [3.63, 3.8) is 0 Å². The summed E-state index contributed by atoms with van der Waals surface area (Å²) in [5.74, 6) is -0.498. The number of carbonyl (C=O) groups excluding carboxylic acids is 2. The third-order valence-electron chi connectivity index (χ3n) is 4.96. The number of hydrogen-bond donors (Lipinski definition) is 0. The van der Waals surface area contributed by atoms with Gasteiger partial charge in [0.1, 0.15) is 5.83 Å². The first-order valence-corrected chi connectivity index (χ1v) is 9.04. The molecule has 1 aliphatic rings. The monoisotopic (exact) mass is 361 g/mol. The molecular formula is C21H28FNO3. The van der Waals surface area contributed by atoms with E-state index in [-0.39, 0.29) is 18.3 Å². The average molecular weight is 361 g/mol. The van der Waals surface area contributed by atoms with Gasteiger partial charge < -0.3 is 9.64 Å². The first kappa shape index (κ1) is 20.3.